The summed E-state index contributed by atoms with van der Waals surface area (Å²) in [7, 11) is 3.40. The second-order valence-corrected chi connectivity index (χ2v) is 13.5. The molecule has 4 rings (SSSR count). The quantitative estimate of drug-likeness (QED) is 0.197. The standard InChI is InChI=1S/C22H22O4S6/c1-25-13-11-19(27-9-7-23)31-21(13)17-5-3-15(29-17)16-4-6-18(30-16)22-14(26-2)12-20(32-22)28-10-8-24/h3-6,11-12,23-24H,7-10H2,1-2H3. The van der Waals surface area contributed by atoms with Gasteiger partial charge in [-0.05, 0) is 24.3 Å². The maximum atomic E-state index is 9.10. The lowest BCUT2D eigenvalue weighted by Crippen LogP contribution is -1.83. The highest BCUT2D eigenvalue weighted by atomic mass is 32.2. The predicted molar refractivity (Wildman–Crippen MR) is 143 cm³/mol. The molecule has 32 heavy (non-hydrogen) atoms. The average molecular weight is 543 g/mol. The number of aliphatic hydroxyl groups excluding tert-OH is 2. The van der Waals surface area contributed by atoms with Crippen LogP contribution >= 0.6 is 68.9 Å². The molecule has 0 saturated carbocycles. The summed E-state index contributed by atoms with van der Waals surface area (Å²) in [6, 6.07) is 12.8. The molecular formula is C22H22O4S6. The maximum Gasteiger partial charge on any atom is 0.139 e. The normalized spacial score (nSPS) is 11.2. The Hall–Kier alpha value is -0.980. The highest BCUT2D eigenvalue weighted by molar-refractivity contribution is 8.01. The van der Waals surface area contributed by atoms with Crippen LogP contribution in [0.3, 0.4) is 0 Å². The Kier molecular flexibility index (Phi) is 8.63. The van der Waals surface area contributed by atoms with Gasteiger partial charge in [0.25, 0.3) is 0 Å². The number of ether oxygens (including phenoxy) is 2. The fourth-order valence-corrected chi connectivity index (χ4v) is 9.46. The largest absolute Gasteiger partial charge is 0.495 e. The Morgan fingerprint density at radius 3 is 1.44 bits per heavy atom. The number of thioether (sulfide) groups is 2. The Bertz CT molecular complexity index is 1060. The zero-order valence-corrected chi connectivity index (χ0v) is 22.4. The number of hydrogen-bond donors (Lipinski definition) is 2. The maximum absolute atomic E-state index is 9.10. The molecule has 4 heterocycles. The van der Waals surface area contributed by atoms with Gasteiger partial charge in [-0.3, -0.25) is 0 Å². The van der Waals surface area contributed by atoms with Crippen LogP contribution in [0.1, 0.15) is 0 Å². The first kappa shape index (κ1) is 24.2. The Labute approximate surface area is 211 Å². The lowest BCUT2D eigenvalue weighted by molar-refractivity contribution is 0.322. The van der Waals surface area contributed by atoms with Gasteiger partial charge >= 0.3 is 0 Å². The van der Waals surface area contributed by atoms with Gasteiger partial charge in [-0.1, -0.05) is 0 Å². The minimum atomic E-state index is 0.167. The van der Waals surface area contributed by atoms with Crippen LogP contribution in [0, 0.1) is 0 Å². The molecule has 170 valence electrons. The van der Waals surface area contributed by atoms with Gasteiger partial charge in [0.1, 0.15) is 11.5 Å². The molecule has 0 aliphatic heterocycles. The van der Waals surface area contributed by atoms with Crippen LogP contribution in [0.2, 0.25) is 0 Å². The van der Waals surface area contributed by atoms with Crippen LogP contribution in [0.15, 0.2) is 44.8 Å². The number of hydrogen-bond acceptors (Lipinski definition) is 10. The molecular weight excluding hydrogens is 521 g/mol. The fourth-order valence-electron chi connectivity index (χ4n) is 2.97. The van der Waals surface area contributed by atoms with Gasteiger partial charge in [-0.2, -0.15) is 0 Å². The van der Waals surface area contributed by atoms with Gasteiger partial charge < -0.3 is 19.7 Å². The van der Waals surface area contributed by atoms with Crippen molar-refractivity contribution in [1.82, 2.24) is 0 Å². The minimum Gasteiger partial charge on any atom is -0.495 e. The van der Waals surface area contributed by atoms with Crippen molar-refractivity contribution in [3.05, 3.63) is 36.4 Å². The Balaban J connectivity index is 1.58. The van der Waals surface area contributed by atoms with E-state index in [2.05, 4.69) is 36.4 Å². The van der Waals surface area contributed by atoms with Crippen molar-refractivity contribution in [2.45, 2.75) is 8.42 Å². The number of thiophene rings is 4. The lowest BCUT2D eigenvalue weighted by Gasteiger charge is -1.99. The number of methoxy groups -OCH3 is 2. The molecule has 0 aliphatic carbocycles. The zero-order chi connectivity index (χ0) is 22.5. The molecule has 0 amide bonds. The molecule has 10 heteroatoms. The monoisotopic (exact) mass is 542 g/mol. The van der Waals surface area contributed by atoms with Gasteiger partial charge in [-0.15, -0.1) is 68.9 Å². The Morgan fingerprint density at radius 1 is 0.656 bits per heavy atom. The van der Waals surface area contributed by atoms with Gasteiger partial charge in [-0.25, -0.2) is 0 Å². The van der Waals surface area contributed by atoms with Gasteiger partial charge in [0.15, 0.2) is 0 Å². The molecule has 0 aliphatic rings. The van der Waals surface area contributed by atoms with Crippen LogP contribution in [-0.2, 0) is 0 Å². The van der Waals surface area contributed by atoms with Crippen molar-refractivity contribution in [2.24, 2.45) is 0 Å². The second-order valence-electron chi connectivity index (χ2n) is 6.40. The van der Waals surface area contributed by atoms with E-state index in [-0.39, 0.29) is 13.2 Å². The summed E-state index contributed by atoms with van der Waals surface area (Å²) < 4.78 is 13.5. The summed E-state index contributed by atoms with van der Waals surface area (Å²) in [6.45, 7) is 0.335. The first-order valence-corrected chi connectivity index (χ1v) is 14.9. The van der Waals surface area contributed by atoms with E-state index >= 15 is 0 Å². The molecule has 0 aromatic carbocycles. The van der Waals surface area contributed by atoms with Crippen LogP contribution < -0.4 is 9.47 Å². The van der Waals surface area contributed by atoms with Crippen LogP contribution in [0.25, 0.3) is 29.3 Å². The van der Waals surface area contributed by atoms with E-state index in [9.17, 15) is 0 Å². The SMILES string of the molecule is COc1cc(SCCO)sc1-c1ccc(-c2ccc(-c3sc(SCCO)cc3OC)s2)s1. The Morgan fingerprint density at radius 2 is 1.06 bits per heavy atom. The minimum absolute atomic E-state index is 0.167. The summed E-state index contributed by atoms with van der Waals surface area (Å²) in [5.74, 6) is 3.13. The molecule has 4 nitrogen and oxygen atoms in total. The summed E-state index contributed by atoms with van der Waals surface area (Å²) in [4.78, 5) is 7.08. The molecule has 0 fully saturated rings. The van der Waals surface area contributed by atoms with E-state index in [1.165, 1.54) is 19.5 Å². The van der Waals surface area contributed by atoms with E-state index in [0.717, 1.165) is 29.7 Å². The fraction of sp³-hybridized carbons (Fsp3) is 0.273. The third kappa shape index (κ3) is 5.39. The van der Waals surface area contributed by atoms with Crippen molar-refractivity contribution in [1.29, 1.82) is 0 Å². The van der Waals surface area contributed by atoms with E-state index < -0.39 is 0 Å². The predicted octanol–water partition coefficient (Wildman–Crippen LogP) is 7.12. The molecule has 0 radical (unpaired) electrons. The summed E-state index contributed by atoms with van der Waals surface area (Å²) >= 11 is 10.2. The summed E-state index contributed by atoms with van der Waals surface area (Å²) in [5, 5.41) is 18.2. The molecule has 0 atom stereocenters. The van der Waals surface area contributed by atoms with Crippen molar-refractivity contribution in [3.8, 4) is 40.8 Å². The molecule has 2 N–H and O–H groups in total. The molecule has 4 aromatic rings. The lowest BCUT2D eigenvalue weighted by atomic mass is 10.3. The van der Waals surface area contributed by atoms with Crippen molar-refractivity contribution >= 4 is 68.9 Å². The van der Waals surface area contributed by atoms with Gasteiger partial charge in [0.2, 0.25) is 0 Å². The topological polar surface area (TPSA) is 58.9 Å². The van der Waals surface area contributed by atoms with Crippen LogP contribution in [-0.4, -0.2) is 49.2 Å². The molecule has 0 saturated heterocycles. The van der Waals surface area contributed by atoms with Crippen molar-refractivity contribution in [2.75, 3.05) is 38.9 Å². The smallest absolute Gasteiger partial charge is 0.139 e. The van der Waals surface area contributed by atoms with Crippen molar-refractivity contribution in [3.63, 3.8) is 0 Å². The van der Waals surface area contributed by atoms with Crippen LogP contribution in [0.4, 0.5) is 0 Å². The average Bonchev–Trinajstić information content (AvgIpc) is 3.59. The highest BCUT2D eigenvalue weighted by Crippen LogP contribution is 2.49. The molecule has 4 aromatic heterocycles. The first-order chi connectivity index (χ1) is 15.7. The van der Waals surface area contributed by atoms with E-state index in [4.69, 9.17) is 19.7 Å². The van der Waals surface area contributed by atoms with Crippen molar-refractivity contribution < 1.29 is 19.7 Å². The number of rotatable bonds is 11. The second kappa shape index (κ2) is 11.4. The summed E-state index contributed by atoms with van der Waals surface area (Å²) in [5.41, 5.74) is 0. The third-order valence-electron chi connectivity index (χ3n) is 4.36. The first-order valence-electron chi connectivity index (χ1n) is 9.70. The van der Waals surface area contributed by atoms with Gasteiger partial charge in [0.05, 0.1) is 45.6 Å². The number of aliphatic hydroxyl groups is 2. The molecule has 0 unspecified atom stereocenters. The molecule has 0 bridgehead atoms. The summed E-state index contributed by atoms with van der Waals surface area (Å²) in [6.07, 6.45) is 0. The zero-order valence-electron chi connectivity index (χ0n) is 17.5. The van der Waals surface area contributed by atoms with Crippen LogP contribution in [0.5, 0.6) is 11.5 Å². The van der Waals surface area contributed by atoms with Gasteiger partial charge in [0, 0.05) is 43.1 Å². The van der Waals surface area contributed by atoms with E-state index in [1.54, 1.807) is 83.1 Å². The third-order valence-corrected chi connectivity index (χ3v) is 11.7. The van der Waals surface area contributed by atoms with E-state index in [1.807, 2.05) is 0 Å². The molecule has 0 spiro atoms. The highest BCUT2D eigenvalue weighted by Gasteiger charge is 2.18. The van der Waals surface area contributed by atoms with E-state index in [0.29, 0.717) is 11.5 Å².